The van der Waals surface area contributed by atoms with E-state index in [1.807, 2.05) is 22.6 Å². The van der Waals surface area contributed by atoms with Gasteiger partial charge in [-0.3, -0.25) is 19.2 Å². The third-order valence-electron chi connectivity index (χ3n) is 2.93. The van der Waals surface area contributed by atoms with Gasteiger partial charge in [-0.15, -0.1) is 0 Å². The largest absolute Gasteiger partial charge is 0.463 e. The second kappa shape index (κ2) is 9.16. The lowest BCUT2D eigenvalue weighted by atomic mass is 9.99. The topological polar surface area (TPSA) is 114 Å². The van der Waals surface area contributed by atoms with E-state index in [0.29, 0.717) is 0 Å². The van der Waals surface area contributed by atoms with Crippen molar-refractivity contribution in [1.82, 2.24) is 0 Å². The highest BCUT2D eigenvalue weighted by Gasteiger charge is 2.51. The molecule has 0 aliphatic carbocycles. The Labute approximate surface area is 152 Å². The van der Waals surface area contributed by atoms with Crippen molar-refractivity contribution >= 4 is 46.5 Å². The van der Waals surface area contributed by atoms with Gasteiger partial charge in [0.25, 0.3) is 0 Å². The van der Waals surface area contributed by atoms with Crippen LogP contribution in [-0.2, 0) is 42.9 Å². The number of esters is 4. The van der Waals surface area contributed by atoms with E-state index >= 15 is 0 Å². The van der Waals surface area contributed by atoms with E-state index < -0.39 is 52.4 Å². The highest BCUT2D eigenvalue weighted by Crippen LogP contribution is 2.31. The molecular formula is C14H19IO9. The third-order valence-corrected chi connectivity index (χ3v) is 3.94. The zero-order valence-electron chi connectivity index (χ0n) is 13.6. The second-order valence-electron chi connectivity index (χ2n) is 5.05. The molecule has 1 fully saturated rings. The first-order valence-electron chi connectivity index (χ1n) is 7.06. The molecule has 10 heteroatoms. The Morgan fingerprint density at radius 1 is 0.792 bits per heavy atom. The van der Waals surface area contributed by atoms with Crippen molar-refractivity contribution in [3.63, 3.8) is 0 Å². The van der Waals surface area contributed by atoms with Crippen LogP contribution in [0.4, 0.5) is 0 Å². The molecule has 0 N–H and O–H groups in total. The standard InChI is InChI=1S/C14H19IO9/c1-6(16)20-5-10-11(21-7(2)17)12(22-8(3)18)13(14(15)24-10)23-9(4)19/h10-14H,5H2,1-4H3/t10-,11+,12+,13-,14+/m1/s1. The van der Waals surface area contributed by atoms with Crippen LogP contribution in [0.2, 0.25) is 0 Å². The van der Waals surface area contributed by atoms with E-state index in [4.69, 9.17) is 23.7 Å². The Morgan fingerprint density at radius 2 is 1.25 bits per heavy atom. The molecule has 0 aromatic heterocycles. The van der Waals surface area contributed by atoms with Gasteiger partial charge in [0.15, 0.2) is 18.3 Å². The predicted molar refractivity (Wildman–Crippen MR) is 86.0 cm³/mol. The Balaban J connectivity index is 3.11. The van der Waals surface area contributed by atoms with E-state index in [2.05, 4.69) is 0 Å². The monoisotopic (exact) mass is 458 g/mol. The number of carbonyl (C=O) groups excluding carboxylic acids is 4. The first-order valence-corrected chi connectivity index (χ1v) is 8.31. The van der Waals surface area contributed by atoms with Crippen LogP contribution in [0.3, 0.4) is 0 Å². The fourth-order valence-corrected chi connectivity index (χ4v) is 3.11. The molecule has 9 nitrogen and oxygen atoms in total. The van der Waals surface area contributed by atoms with E-state index in [0.717, 1.165) is 0 Å². The van der Waals surface area contributed by atoms with Crippen LogP contribution >= 0.6 is 22.6 Å². The van der Waals surface area contributed by atoms with Crippen molar-refractivity contribution in [3.8, 4) is 0 Å². The molecule has 1 aliphatic heterocycles. The number of rotatable bonds is 5. The minimum absolute atomic E-state index is 0.211. The average molecular weight is 458 g/mol. The zero-order valence-corrected chi connectivity index (χ0v) is 15.8. The lowest BCUT2D eigenvalue weighted by molar-refractivity contribution is -0.234. The van der Waals surface area contributed by atoms with Gasteiger partial charge >= 0.3 is 23.9 Å². The minimum atomic E-state index is -1.10. The summed E-state index contributed by atoms with van der Waals surface area (Å²) in [5.74, 6) is -2.45. The Bertz CT molecular complexity index is 506. The van der Waals surface area contributed by atoms with E-state index in [9.17, 15) is 19.2 Å². The summed E-state index contributed by atoms with van der Waals surface area (Å²) in [6, 6.07) is 0. The average Bonchev–Trinajstić information content (AvgIpc) is 2.42. The second-order valence-corrected chi connectivity index (χ2v) is 6.28. The van der Waals surface area contributed by atoms with Gasteiger partial charge in [0, 0.05) is 27.7 Å². The number of ether oxygens (including phenoxy) is 5. The molecule has 24 heavy (non-hydrogen) atoms. The molecule has 0 aromatic carbocycles. The molecule has 0 aromatic rings. The van der Waals surface area contributed by atoms with Gasteiger partial charge in [-0.1, -0.05) is 0 Å². The molecule has 1 aliphatic rings. The molecule has 1 heterocycles. The normalized spacial score (nSPS) is 29.3. The highest BCUT2D eigenvalue weighted by molar-refractivity contribution is 14.1. The zero-order chi connectivity index (χ0) is 18.4. The van der Waals surface area contributed by atoms with Crippen molar-refractivity contribution < 1.29 is 42.9 Å². The predicted octanol–water partition coefficient (Wildman–Crippen LogP) is 0.504. The number of hydrogen-bond donors (Lipinski definition) is 0. The van der Waals surface area contributed by atoms with Gasteiger partial charge in [-0.2, -0.15) is 0 Å². The van der Waals surface area contributed by atoms with E-state index in [-0.39, 0.29) is 6.61 Å². The first kappa shape index (κ1) is 20.6. The van der Waals surface area contributed by atoms with E-state index in [1.54, 1.807) is 0 Å². The van der Waals surface area contributed by atoms with Crippen molar-refractivity contribution in [2.45, 2.75) is 56.2 Å². The summed E-state index contributed by atoms with van der Waals surface area (Å²) < 4.78 is 25.4. The summed E-state index contributed by atoms with van der Waals surface area (Å²) in [5.41, 5.74) is 0. The SMILES string of the molecule is CC(=O)OC[C@H]1O[C@H](I)[C@H](OC(C)=O)[C@@H](OC(C)=O)[C@H]1OC(C)=O. The molecule has 1 saturated heterocycles. The van der Waals surface area contributed by atoms with Crippen molar-refractivity contribution in [3.05, 3.63) is 0 Å². The van der Waals surface area contributed by atoms with Crippen molar-refractivity contribution in [2.24, 2.45) is 0 Å². The highest BCUT2D eigenvalue weighted by atomic mass is 127. The van der Waals surface area contributed by atoms with Gasteiger partial charge in [-0.25, -0.2) is 0 Å². The molecule has 0 unspecified atom stereocenters. The molecule has 0 spiro atoms. The maximum absolute atomic E-state index is 11.4. The van der Waals surface area contributed by atoms with Crippen LogP contribution < -0.4 is 0 Å². The summed E-state index contributed by atoms with van der Waals surface area (Å²) in [4.78, 5) is 45.2. The number of halogens is 1. The maximum atomic E-state index is 11.4. The van der Waals surface area contributed by atoms with Crippen LogP contribution in [0.25, 0.3) is 0 Å². The summed E-state index contributed by atoms with van der Waals surface area (Å²) in [6.07, 6.45) is -4.05. The molecule has 136 valence electrons. The van der Waals surface area contributed by atoms with Crippen molar-refractivity contribution in [1.29, 1.82) is 0 Å². The number of hydrogen-bond acceptors (Lipinski definition) is 9. The van der Waals surface area contributed by atoms with E-state index in [1.165, 1.54) is 27.7 Å². The van der Waals surface area contributed by atoms with Crippen LogP contribution in [-0.4, -0.2) is 59.0 Å². The van der Waals surface area contributed by atoms with Crippen molar-refractivity contribution in [2.75, 3.05) is 6.61 Å². The Kier molecular flexibility index (Phi) is 7.87. The molecule has 0 saturated carbocycles. The lowest BCUT2D eigenvalue weighted by Gasteiger charge is -2.42. The van der Waals surface area contributed by atoms with Gasteiger partial charge in [0.05, 0.1) is 0 Å². The Morgan fingerprint density at radius 3 is 1.71 bits per heavy atom. The lowest BCUT2D eigenvalue weighted by Crippen LogP contribution is -2.60. The van der Waals surface area contributed by atoms with Gasteiger partial charge in [-0.05, 0) is 22.6 Å². The minimum Gasteiger partial charge on any atom is -0.463 e. The molecular weight excluding hydrogens is 439 g/mol. The molecule has 0 radical (unpaired) electrons. The van der Waals surface area contributed by atoms with Crippen LogP contribution in [0.1, 0.15) is 27.7 Å². The van der Waals surface area contributed by atoms with Crippen LogP contribution in [0.5, 0.6) is 0 Å². The summed E-state index contributed by atoms with van der Waals surface area (Å²) >= 11 is 1.86. The maximum Gasteiger partial charge on any atom is 0.303 e. The van der Waals surface area contributed by atoms with Gasteiger partial charge in [0.2, 0.25) is 0 Å². The molecule has 1 rings (SSSR count). The first-order chi connectivity index (χ1) is 11.1. The van der Waals surface area contributed by atoms with Crippen LogP contribution in [0.15, 0.2) is 0 Å². The fourth-order valence-electron chi connectivity index (χ4n) is 2.18. The smallest absolute Gasteiger partial charge is 0.303 e. The number of alkyl halides is 1. The van der Waals surface area contributed by atoms with Crippen LogP contribution in [0, 0.1) is 0 Å². The third kappa shape index (κ3) is 6.23. The summed E-state index contributed by atoms with van der Waals surface area (Å²) in [7, 11) is 0. The quantitative estimate of drug-likeness (QED) is 0.252. The summed E-state index contributed by atoms with van der Waals surface area (Å²) in [5, 5.41) is 0. The van der Waals surface area contributed by atoms with Gasteiger partial charge in [0.1, 0.15) is 16.8 Å². The summed E-state index contributed by atoms with van der Waals surface area (Å²) in [6.45, 7) is 4.55. The molecule has 0 bridgehead atoms. The molecule has 5 atom stereocenters. The number of carbonyl (C=O) groups is 4. The van der Waals surface area contributed by atoms with Gasteiger partial charge < -0.3 is 23.7 Å². The fraction of sp³-hybridized carbons (Fsp3) is 0.714. The molecule has 0 amide bonds. The Hall–Kier alpha value is -1.43.